The molecule has 0 aromatic heterocycles. The van der Waals surface area contributed by atoms with E-state index in [2.05, 4.69) is 5.32 Å². The minimum absolute atomic E-state index is 0.0636. The van der Waals surface area contributed by atoms with Crippen LogP contribution in [0.3, 0.4) is 0 Å². The summed E-state index contributed by atoms with van der Waals surface area (Å²) in [6.45, 7) is 3.01. The van der Waals surface area contributed by atoms with Gasteiger partial charge in [0.25, 0.3) is 5.91 Å². The fourth-order valence-electron chi connectivity index (χ4n) is 4.01. The lowest BCUT2D eigenvalue weighted by molar-refractivity contribution is -0.133. The van der Waals surface area contributed by atoms with Crippen molar-refractivity contribution in [2.75, 3.05) is 29.9 Å². The first-order valence-electron chi connectivity index (χ1n) is 11.2. The van der Waals surface area contributed by atoms with Crippen LogP contribution in [0.4, 0.5) is 11.4 Å². The zero-order chi connectivity index (χ0) is 24.2. The molecule has 2 aromatic rings. The monoisotopic (exact) mass is 501 g/mol. The highest BCUT2D eigenvalue weighted by molar-refractivity contribution is 6.35. The highest BCUT2D eigenvalue weighted by atomic mass is 35.5. The molecular formula is C25H25Cl2N3O4. The van der Waals surface area contributed by atoms with Gasteiger partial charge in [-0.25, -0.2) is 0 Å². The van der Waals surface area contributed by atoms with E-state index in [4.69, 9.17) is 27.9 Å². The number of anilines is 2. The lowest BCUT2D eigenvalue weighted by atomic mass is 10.1. The molecule has 0 radical (unpaired) electrons. The molecule has 0 saturated carbocycles. The maximum atomic E-state index is 12.9. The molecule has 34 heavy (non-hydrogen) atoms. The summed E-state index contributed by atoms with van der Waals surface area (Å²) in [6, 6.07) is 10.0. The van der Waals surface area contributed by atoms with Gasteiger partial charge in [0.2, 0.25) is 11.8 Å². The van der Waals surface area contributed by atoms with Crippen molar-refractivity contribution in [1.29, 1.82) is 0 Å². The average molecular weight is 502 g/mol. The van der Waals surface area contributed by atoms with Crippen molar-refractivity contribution >= 4 is 58.4 Å². The smallest absolute Gasteiger partial charge is 0.268 e. The summed E-state index contributed by atoms with van der Waals surface area (Å²) in [6.07, 6.45) is 5.30. The van der Waals surface area contributed by atoms with Crippen molar-refractivity contribution in [3.8, 4) is 5.75 Å². The van der Waals surface area contributed by atoms with Crippen LogP contribution in [0.2, 0.25) is 10.0 Å². The molecule has 2 aliphatic rings. The van der Waals surface area contributed by atoms with Crippen LogP contribution in [0.5, 0.6) is 5.75 Å². The van der Waals surface area contributed by atoms with Crippen LogP contribution in [0, 0.1) is 0 Å². The van der Waals surface area contributed by atoms with E-state index in [9.17, 15) is 14.4 Å². The molecule has 1 unspecified atom stereocenters. The number of halogens is 2. The lowest BCUT2D eigenvalue weighted by Crippen LogP contribution is -2.50. The Kier molecular flexibility index (Phi) is 7.44. The normalized spacial score (nSPS) is 18.0. The van der Waals surface area contributed by atoms with E-state index in [1.807, 2.05) is 0 Å². The van der Waals surface area contributed by atoms with Crippen LogP contribution in [0.1, 0.15) is 31.7 Å². The van der Waals surface area contributed by atoms with Gasteiger partial charge >= 0.3 is 0 Å². The molecule has 2 aliphatic heterocycles. The third-order valence-electron chi connectivity index (χ3n) is 5.81. The molecule has 2 aromatic carbocycles. The molecule has 1 fully saturated rings. The summed E-state index contributed by atoms with van der Waals surface area (Å²) >= 11 is 12.0. The Hall–Kier alpha value is -3.03. The molecule has 3 amide bonds. The van der Waals surface area contributed by atoms with Crippen molar-refractivity contribution in [3.05, 3.63) is 58.1 Å². The highest BCUT2D eigenvalue weighted by Crippen LogP contribution is 2.36. The molecule has 0 aliphatic carbocycles. The van der Waals surface area contributed by atoms with Crippen LogP contribution < -0.4 is 15.0 Å². The van der Waals surface area contributed by atoms with Gasteiger partial charge in [-0.05, 0) is 68.2 Å². The van der Waals surface area contributed by atoms with E-state index in [1.165, 1.54) is 11.0 Å². The number of carbonyl (C=O) groups excluding carboxylic acids is 3. The van der Waals surface area contributed by atoms with Crippen molar-refractivity contribution < 1.29 is 19.1 Å². The van der Waals surface area contributed by atoms with E-state index >= 15 is 0 Å². The van der Waals surface area contributed by atoms with Crippen molar-refractivity contribution in [2.24, 2.45) is 0 Å². The van der Waals surface area contributed by atoms with E-state index < -0.39 is 6.10 Å². The SMILES string of the molecule is CC1Oc2ccc(NC(=O)/C=C/c3ccc(Cl)cc3Cl)cc2N(CC(=O)N2CCCCC2)C1=O. The second kappa shape index (κ2) is 10.5. The maximum Gasteiger partial charge on any atom is 0.268 e. The second-order valence-corrected chi connectivity index (χ2v) is 9.14. The Bertz CT molecular complexity index is 1140. The van der Waals surface area contributed by atoms with Gasteiger partial charge in [0, 0.05) is 34.9 Å². The Morgan fingerprint density at radius 2 is 1.88 bits per heavy atom. The van der Waals surface area contributed by atoms with Crippen molar-refractivity contribution in [2.45, 2.75) is 32.3 Å². The number of likely N-dealkylation sites (tertiary alicyclic amines) is 1. The molecule has 0 bridgehead atoms. The molecule has 7 nitrogen and oxygen atoms in total. The van der Waals surface area contributed by atoms with E-state index in [1.54, 1.807) is 54.3 Å². The summed E-state index contributed by atoms with van der Waals surface area (Å²) in [5, 5.41) is 3.72. The summed E-state index contributed by atoms with van der Waals surface area (Å²) < 4.78 is 5.72. The van der Waals surface area contributed by atoms with Gasteiger partial charge in [-0.2, -0.15) is 0 Å². The highest BCUT2D eigenvalue weighted by Gasteiger charge is 2.34. The first kappa shape index (κ1) is 24.1. The summed E-state index contributed by atoms with van der Waals surface area (Å²) in [5.41, 5.74) is 1.58. The van der Waals surface area contributed by atoms with Gasteiger partial charge in [-0.15, -0.1) is 0 Å². The Labute approximate surface area is 208 Å². The second-order valence-electron chi connectivity index (χ2n) is 8.30. The number of fused-ring (bicyclic) bond motifs is 1. The van der Waals surface area contributed by atoms with Crippen LogP contribution in [-0.2, 0) is 14.4 Å². The number of amides is 3. The van der Waals surface area contributed by atoms with Crippen LogP contribution >= 0.6 is 23.2 Å². The molecule has 9 heteroatoms. The van der Waals surface area contributed by atoms with E-state index in [-0.39, 0.29) is 24.3 Å². The summed E-state index contributed by atoms with van der Waals surface area (Å²) in [4.78, 5) is 41.4. The van der Waals surface area contributed by atoms with Gasteiger partial charge in [0.1, 0.15) is 12.3 Å². The zero-order valence-electron chi connectivity index (χ0n) is 18.7. The molecule has 0 spiro atoms. The fourth-order valence-corrected chi connectivity index (χ4v) is 4.48. The molecule has 178 valence electrons. The number of benzene rings is 2. The number of rotatable bonds is 5. The third kappa shape index (κ3) is 5.54. The van der Waals surface area contributed by atoms with Crippen LogP contribution in [0.15, 0.2) is 42.5 Å². The topological polar surface area (TPSA) is 79.0 Å². The Morgan fingerprint density at radius 3 is 2.62 bits per heavy atom. The van der Waals surface area contributed by atoms with Crippen molar-refractivity contribution in [1.82, 2.24) is 4.90 Å². The van der Waals surface area contributed by atoms with Crippen molar-refractivity contribution in [3.63, 3.8) is 0 Å². The van der Waals surface area contributed by atoms with Gasteiger partial charge in [0.15, 0.2) is 6.10 Å². The maximum absolute atomic E-state index is 12.9. The minimum atomic E-state index is -0.700. The molecule has 1 N–H and O–H groups in total. The van der Waals surface area contributed by atoms with Gasteiger partial charge in [0.05, 0.1) is 5.69 Å². The number of hydrogen-bond donors (Lipinski definition) is 1. The number of carbonyl (C=O) groups is 3. The lowest BCUT2D eigenvalue weighted by Gasteiger charge is -2.35. The number of nitrogens with zero attached hydrogens (tertiary/aromatic N) is 2. The molecule has 4 rings (SSSR count). The quantitative estimate of drug-likeness (QED) is 0.598. The molecular weight excluding hydrogens is 477 g/mol. The van der Waals surface area contributed by atoms with Crippen LogP contribution in [0.25, 0.3) is 6.08 Å². The first-order chi connectivity index (χ1) is 16.3. The predicted molar refractivity (Wildman–Crippen MR) is 133 cm³/mol. The summed E-state index contributed by atoms with van der Waals surface area (Å²) in [7, 11) is 0. The number of piperidine rings is 1. The summed E-state index contributed by atoms with van der Waals surface area (Å²) in [5.74, 6) is -0.276. The molecule has 2 heterocycles. The number of hydrogen-bond acceptors (Lipinski definition) is 4. The Balaban J connectivity index is 1.50. The standard InChI is InChI=1S/C25H25Cl2N3O4/c1-16-25(33)30(15-24(32)29-11-3-2-4-12-29)21-14-19(8-9-22(21)34-16)28-23(31)10-6-17-5-7-18(26)13-20(17)27/h5-10,13-14,16H,2-4,11-12,15H2,1H3,(H,28,31)/b10-6+. The van der Waals surface area contributed by atoms with E-state index in [0.29, 0.717) is 45.8 Å². The third-order valence-corrected chi connectivity index (χ3v) is 6.38. The average Bonchev–Trinajstić information content (AvgIpc) is 2.82. The zero-order valence-corrected chi connectivity index (χ0v) is 20.2. The number of ether oxygens (including phenoxy) is 1. The van der Waals surface area contributed by atoms with E-state index in [0.717, 1.165) is 19.3 Å². The fraction of sp³-hybridized carbons (Fsp3) is 0.320. The molecule has 1 saturated heterocycles. The largest absolute Gasteiger partial charge is 0.479 e. The number of nitrogens with one attached hydrogen (secondary N) is 1. The van der Waals surface area contributed by atoms with Crippen LogP contribution in [-0.4, -0.2) is 48.4 Å². The van der Waals surface area contributed by atoms with Gasteiger partial charge < -0.3 is 15.0 Å². The van der Waals surface area contributed by atoms with Gasteiger partial charge in [-0.3, -0.25) is 19.3 Å². The first-order valence-corrected chi connectivity index (χ1v) is 11.9. The molecule has 1 atom stereocenters. The van der Waals surface area contributed by atoms with Gasteiger partial charge in [-0.1, -0.05) is 29.3 Å². The minimum Gasteiger partial charge on any atom is -0.479 e. The Morgan fingerprint density at radius 1 is 1.12 bits per heavy atom. The predicted octanol–water partition coefficient (Wildman–Crippen LogP) is 4.77.